The van der Waals surface area contributed by atoms with E-state index >= 15 is 0 Å². The van der Waals surface area contributed by atoms with E-state index < -0.39 is 5.97 Å². The van der Waals surface area contributed by atoms with Gasteiger partial charge in [0.05, 0.1) is 6.42 Å². The second kappa shape index (κ2) is 6.68. The van der Waals surface area contributed by atoms with Crippen molar-refractivity contribution < 1.29 is 19.1 Å². The molecule has 1 amide bonds. The highest BCUT2D eigenvalue weighted by Crippen LogP contribution is 2.26. The number of para-hydroxylation sites is 2. The van der Waals surface area contributed by atoms with Crippen molar-refractivity contribution in [2.24, 2.45) is 5.92 Å². The Balaban J connectivity index is 1.53. The molecule has 1 aliphatic heterocycles. The predicted molar refractivity (Wildman–Crippen MR) is 84.2 cm³/mol. The minimum Gasteiger partial charge on any atom is -0.481 e. The largest absolute Gasteiger partial charge is 0.481 e. The van der Waals surface area contributed by atoms with Gasteiger partial charge in [0.25, 0.3) is 6.01 Å². The number of anilines is 1. The summed E-state index contributed by atoms with van der Waals surface area (Å²) in [4.78, 5) is 29.0. The summed E-state index contributed by atoms with van der Waals surface area (Å²) >= 11 is 0. The van der Waals surface area contributed by atoms with E-state index in [0.29, 0.717) is 31.9 Å². The van der Waals surface area contributed by atoms with Crippen molar-refractivity contribution in [3.8, 4) is 0 Å². The first-order chi connectivity index (χ1) is 11.1. The summed E-state index contributed by atoms with van der Waals surface area (Å²) in [6.07, 6.45) is 1.36. The highest BCUT2D eigenvalue weighted by atomic mass is 16.4. The van der Waals surface area contributed by atoms with Crippen LogP contribution in [0.15, 0.2) is 28.7 Å². The second-order valence-corrected chi connectivity index (χ2v) is 5.66. The van der Waals surface area contributed by atoms with Gasteiger partial charge in [0.1, 0.15) is 5.52 Å². The molecular weight excluding hydrogens is 298 g/mol. The Morgan fingerprint density at radius 3 is 2.74 bits per heavy atom. The van der Waals surface area contributed by atoms with Crippen molar-refractivity contribution in [2.75, 3.05) is 24.5 Å². The average molecular weight is 317 g/mol. The van der Waals surface area contributed by atoms with Crippen LogP contribution in [0.25, 0.3) is 11.1 Å². The van der Waals surface area contributed by atoms with Gasteiger partial charge in [-0.3, -0.25) is 9.59 Å². The van der Waals surface area contributed by atoms with Crippen LogP contribution in [-0.2, 0) is 9.59 Å². The second-order valence-electron chi connectivity index (χ2n) is 5.66. The Hall–Kier alpha value is -2.57. The summed E-state index contributed by atoms with van der Waals surface area (Å²) in [5.41, 5.74) is 1.59. The summed E-state index contributed by atoms with van der Waals surface area (Å²) in [7, 11) is 0. The molecule has 0 spiro atoms. The number of nitrogens with one attached hydrogen (secondary N) is 1. The van der Waals surface area contributed by atoms with Gasteiger partial charge in [0.2, 0.25) is 5.91 Å². The number of aromatic nitrogens is 1. The summed E-state index contributed by atoms with van der Waals surface area (Å²) in [6.45, 7) is 1.58. The number of carboxylic acids is 1. The molecule has 2 N–H and O–H groups in total. The Labute approximate surface area is 133 Å². The van der Waals surface area contributed by atoms with Crippen molar-refractivity contribution in [3.05, 3.63) is 24.3 Å². The minimum atomic E-state index is -0.906. The zero-order chi connectivity index (χ0) is 16.2. The molecule has 1 aromatic carbocycles. The fraction of sp³-hybridized carbons (Fsp3) is 0.438. The molecule has 23 heavy (non-hydrogen) atoms. The number of hydrogen-bond acceptors (Lipinski definition) is 5. The topological polar surface area (TPSA) is 95.7 Å². The molecule has 0 bridgehead atoms. The molecule has 2 aromatic rings. The number of fused-ring (bicyclic) bond motifs is 1. The molecule has 0 saturated carbocycles. The Bertz CT molecular complexity index is 671. The van der Waals surface area contributed by atoms with E-state index in [9.17, 15) is 9.59 Å². The van der Waals surface area contributed by atoms with Crippen LogP contribution in [0.3, 0.4) is 0 Å². The molecular formula is C16H19N3O4. The van der Waals surface area contributed by atoms with E-state index in [0.717, 1.165) is 11.1 Å². The third-order valence-electron chi connectivity index (χ3n) is 4.06. The van der Waals surface area contributed by atoms with Gasteiger partial charge in [-0.05, 0) is 25.0 Å². The van der Waals surface area contributed by atoms with Crippen LogP contribution in [0.2, 0.25) is 0 Å². The van der Waals surface area contributed by atoms with Crippen LogP contribution in [0.5, 0.6) is 0 Å². The molecule has 0 aliphatic carbocycles. The van der Waals surface area contributed by atoms with Crippen LogP contribution >= 0.6 is 0 Å². The summed E-state index contributed by atoms with van der Waals surface area (Å²) < 4.78 is 5.74. The molecule has 1 saturated heterocycles. The van der Waals surface area contributed by atoms with Gasteiger partial charge in [-0.25, -0.2) is 0 Å². The summed E-state index contributed by atoms with van der Waals surface area (Å²) in [6, 6.07) is 8.21. The number of nitrogens with zero attached hydrogens (tertiary/aromatic N) is 2. The molecule has 1 aromatic heterocycles. The molecule has 2 heterocycles. The third kappa shape index (κ3) is 3.61. The molecule has 1 aliphatic rings. The Morgan fingerprint density at radius 2 is 2.04 bits per heavy atom. The molecule has 0 radical (unpaired) electrons. The van der Waals surface area contributed by atoms with Crippen molar-refractivity contribution in [3.63, 3.8) is 0 Å². The van der Waals surface area contributed by atoms with E-state index in [1.54, 1.807) is 0 Å². The van der Waals surface area contributed by atoms with Crippen LogP contribution in [-0.4, -0.2) is 41.6 Å². The van der Waals surface area contributed by atoms with Crippen molar-refractivity contribution in [1.82, 2.24) is 10.3 Å². The van der Waals surface area contributed by atoms with E-state index in [1.165, 1.54) is 0 Å². The smallest absolute Gasteiger partial charge is 0.305 e. The van der Waals surface area contributed by atoms with Crippen LogP contribution in [0.1, 0.15) is 19.3 Å². The van der Waals surface area contributed by atoms with E-state index in [4.69, 9.17) is 9.52 Å². The zero-order valence-corrected chi connectivity index (χ0v) is 12.7. The minimum absolute atomic E-state index is 0.0481. The van der Waals surface area contributed by atoms with Gasteiger partial charge < -0.3 is 19.7 Å². The molecule has 1 fully saturated rings. The van der Waals surface area contributed by atoms with Gasteiger partial charge in [-0.15, -0.1) is 0 Å². The number of carbonyl (C=O) groups excluding carboxylic acids is 1. The van der Waals surface area contributed by atoms with E-state index in [2.05, 4.69) is 10.3 Å². The van der Waals surface area contributed by atoms with Crippen molar-refractivity contribution in [2.45, 2.75) is 19.3 Å². The SMILES string of the molecule is O=C(O)CCNC(=O)C1CCN(c2nc3ccccc3o2)CC1. The first-order valence-corrected chi connectivity index (χ1v) is 7.73. The highest BCUT2D eigenvalue weighted by Gasteiger charge is 2.27. The van der Waals surface area contributed by atoms with Crippen LogP contribution in [0, 0.1) is 5.92 Å². The predicted octanol–water partition coefficient (Wildman–Crippen LogP) is 1.64. The maximum atomic E-state index is 12.0. The van der Waals surface area contributed by atoms with Gasteiger partial charge in [0, 0.05) is 25.6 Å². The van der Waals surface area contributed by atoms with Crippen molar-refractivity contribution >= 4 is 29.0 Å². The number of amides is 1. The number of carbonyl (C=O) groups is 2. The number of oxazole rings is 1. The van der Waals surface area contributed by atoms with Crippen LogP contribution in [0.4, 0.5) is 6.01 Å². The number of hydrogen-bond donors (Lipinski definition) is 2. The van der Waals surface area contributed by atoms with E-state index in [-0.39, 0.29) is 24.8 Å². The lowest BCUT2D eigenvalue weighted by atomic mass is 9.96. The van der Waals surface area contributed by atoms with Crippen LogP contribution < -0.4 is 10.2 Å². The van der Waals surface area contributed by atoms with Crippen molar-refractivity contribution in [1.29, 1.82) is 0 Å². The Morgan fingerprint density at radius 1 is 1.30 bits per heavy atom. The number of benzene rings is 1. The van der Waals surface area contributed by atoms with Gasteiger partial charge >= 0.3 is 5.97 Å². The highest BCUT2D eigenvalue weighted by molar-refractivity contribution is 5.79. The molecule has 0 unspecified atom stereocenters. The maximum Gasteiger partial charge on any atom is 0.305 e. The lowest BCUT2D eigenvalue weighted by Gasteiger charge is -2.30. The standard InChI is InChI=1S/C16H19N3O4/c20-14(21)5-8-17-15(22)11-6-9-19(10-7-11)16-18-12-3-1-2-4-13(12)23-16/h1-4,11H,5-10H2,(H,17,22)(H,20,21). The monoisotopic (exact) mass is 317 g/mol. The lowest BCUT2D eigenvalue weighted by molar-refractivity contribution is -0.137. The third-order valence-corrected chi connectivity index (χ3v) is 4.06. The lowest BCUT2D eigenvalue weighted by Crippen LogP contribution is -2.41. The number of rotatable bonds is 5. The quantitative estimate of drug-likeness (QED) is 0.870. The fourth-order valence-electron chi connectivity index (χ4n) is 2.77. The maximum absolute atomic E-state index is 12.0. The number of piperidine rings is 1. The summed E-state index contributed by atoms with van der Waals surface area (Å²) in [5, 5.41) is 11.3. The van der Waals surface area contributed by atoms with E-state index in [1.807, 2.05) is 29.2 Å². The van der Waals surface area contributed by atoms with Gasteiger partial charge in [-0.2, -0.15) is 4.98 Å². The molecule has 3 rings (SSSR count). The van der Waals surface area contributed by atoms with Gasteiger partial charge in [-0.1, -0.05) is 12.1 Å². The summed E-state index contributed by atoms with van der Waals surface area (Å²) in [5.74, 6) is -1.05. The normalized spacial score (nSPS) is 15.7. The average Bonchev–Trinajstić information content (AvgIpc) is 2.98. The fourth-order valence-corrected chi connectivity index (χ4v) is 2.77. The Kier molecular flexibility index (Phi) is 4.45. The molecule has 7 heteroatoms. The molecule has 7 nitrogen and oxygen atoms in total. The zero-order valence-electron chi connectivity index (χ0n) is 12.7. The molecule has 0 atom stereocenters. The van der Waals surface area contributed by atoms with Gasteiger partial charge in [0.15, 0.2) is 5.58 Å². The first kappa shape index (κ1) is 15.3. The first-order valence-electron chi connectivity index (χ1n) is 7.73. The number of carboxylic acid groups (broad SMARTS) is 1. The molecule has 122 valence electrons. The number of aliphatic carboxylic acids is 1.